The Morgan fingerprint density at radius 2 is 2.14 bits per heavy atom. The van der Waals surface area contributed by atoms with Crippen LogP contribution in [0.1, 0.15) is 13.3 Å². The van der Waals surface area contributed by atoms with E-state index in [0.717, 1.165) is 13.0 Å². The van der Waals surface area contributed by atoms with Crippen LogP contribution in [0.15, 0.2) is 12.4 Å². The van der Waals surface area contributed by atoms with Crippen molar-refractivity contribution in [2.24, 2.45) is 0 Å². The summed E-state index contributed by atoms with van der Waals surface area (Å²) in [4.78, 5) is 10.2. The van der Waals surface area contributed by atoms with Gasteiger partial charge in [-0.3, -0.25) is 0 Å². The van der Waals surface area contributed by atoms with Crippen LogP contribution in [0.5, 0.6) is 0 Å². The summed E-state index contributed by atoms with van der Waals surface area (Å²) in [6.45, 7) is 3.57. The Balaban J connectivity index is 0.000000364. The minimum Gasteiger partial charge on any atom is -0.356 e. The van der Waals surface area contributed by atoms with Crippen LogP contribution in [0.4, 0.5) is 0 Å². The fourth-order valence-electron chi connectivity index (χ4n) is 1.25. The number of hydroxylamine groups is 3. The summed E-state index contributed by atoms with van der Waals surface area (Å²) in [6.07, 6.45) is 4.74. The molecule has 0 spiro atoms. The first-order valence-corrected chi connectivity index (χ1v) is 4.20. The van der Waals surface area contributed by atoms with Crippen molar-refractivity contribution >= 4 is 0 Å². The third-order valence-corrected chi connectivity index (χ3v) is 1.68. The second-order valence-electron chi connectivity index (χ2n) is 3.13. The number of nitrogens with zero attached hydrogens (tertiary/aromatic N) is 3. The Hall–Kier alpha value is -1.34. The van der Waals surface area contributed by atoms with Crippen LogP contribution in [0.3, 0.4) is 0 Å². The van der Waals surface area contributed by atoms with Gasteiger partial charge >= 0.3 is 0 Å². The van der Waals surface area contributed by atoms with Crippen molar-refractivity contribution in [1.29, 1.82) is 0 Å². The zero-order chi connectivity index (χ0) is 11.2. The first-order chi connectivity index (χ1) is 6.39. The zero-order valence-corrected chi connectivity index (χ0v) is 8.29. The van der Waals surface area contributed by atoms with Gasteiger partial charge < -0.3 is 20.2 Å². The average Bonchev–Trinajstić information content (AvgIpc) is 2.30. The van der Waals surface area contributed by atoms with Gasteiger partial charge in [0.25, 0.3) is 0 Å². The number of hydrogen-bond acceptors (Lipinski definition) is 5. The van der Waals surface area contributed by atoms with Crippen LogP contribution in [-0.2, 0) is 0 Å². The highest BCUT2D eigenvalue weighted by Crippen LogP contribution is 2.12. The van der Waals surface area contributed by atoms with Gasteiger partial charge in [0.05, 0.1) is 11.3 Å². The lowest BCUT2D eigenvalue weighted by Gasteiger charge is -2.22. The van der Waals surface area contributed by atoms with E-state index in [4.69, 9.17) is 15.3 Å². The van der Waals surface area contributed by atoms with E-state index in [1.54, 1.807) is 0 Å². The molecule has 0 saturated carbocycles. The highest BCUT2D eigenvalue weighted by Gasteiger charge is 2.27. The van der Waals surface area contributed by atoms with Gasteiger partial charge in [0, 0.05) is 7.05 Å². The van der Waals surface area contributed by atoms with E-state index < -0.39 is 5.09 Å². The van der Waals surface area contributed by atoms with Crippen molar-refractivity contribution in [3.8, 4) is 0 Å². The van der Waals surface area contributed by atoms with Crippen molar-refractivity contribution in [2.75, 3.05) is 20.3 Å². The van der Waals surface area contributed by atoms with Gasteiger partial charge in [-0.2, -0.15) is 0 Å². The van der Waals surface area contributed by atoms with Gasteiger partial charge in [0.2, 0.25) is 0 Å². The number of hydrogen-bond donors (Lipinski definition) is 1. The monoisotopic (exact) mass is 205 g/mol. The lowest BCUT2D eigenvalue weighted by Crippen LogP contribution is -2.41. The molecule has 0 aromatic rings. The quantitative estimate of drug-likeness (QED) is 0.408. The molecule has 1 heterocycles. The van der Waals surface area contributed by atoms with Crippen LogP contribution in [0.25, 0.3) is 0 Å². The molecular weight excluding hydrogens is 190 g/mol. The molecule has 0 aromatic carbocycles. The lowest BCUT2D eigenvalue weighted by molar-refractivity contribution is -1.06. The van der Waals surface area contributed by atoms with Gasteiger partial charge in [-0.05, 0) is 6.42 Å². The van der Waals surface area contributed by atoms with Crippen LogP contribution in [0.2, 0.25) is 0 Å². The molecule has 1 rings (SSSR count). The molecule has 7 heteroatoms. The maximum atomic E-state index is 9.67. The second kappa shape index (κ2) is 5.40. The van der Waals surface area contributed by atoms with Crippen LogP contribution >= 0.6 is 0 Å². The summed E-state index contributed by atoms with van der Waals surface area (Å²) in [5.74, 6) is 0. The van der Waals surface area contributed by atoms with E-state index in [9.17, 15) is 5.21 Å². The minimum atomic E-state index is -1.75. The SMILES string of the molecule is CCC[N+]1(O)C=CN(C)C1.O=[N+]([O-])[O-]. The summed E-state index contributed by atoms with van der Waals surface area (Å²) in [5.41, 5.74) is 0. The lowest BCUT2D eigenvalue weighted by atomic mass is 10.4. The molecule has 82 valence electrons. The Bertz CT molecular complexity index is 217. The van der Waals surface area contributed by atoms with E-state index >= 15 is 0 Å². The van der Waals surface area contributed by atoms with Gasteiger partial charge in [0.15, 0.2) is 6.67 Å². The molecule has 1 unspecified atom stereocenters. The molecule has 1 aliphatic rings. The maximum absolute atomic E-state index is 9.67. The van der Waals surface area contributed by atoms with Crippen molar-refractivity contribution in [1.82, 2.24) is 4.90 Å². The second-order valence-corrected chi connectivity index (χ2v) is 3.13. The summed E-state index contributed by atoms with van der Waals surface area (Å²) in [6, 6.07) is 0. The van der Waals surface area contributed by atoms with E-state index in [1.807, 2.05) is 24.3 Å². The molecule has 0 aromatic heterocycles. The highest BCUT2D eigenvalue weighted by atomic mass is 16.9. The first kappa shape index (κ1) is 12.7. The molecule has 0 saturated heterocycles. The van der Waals surface area contributed by atoms with E-state index in [0.29, 0.717) is 6.67 Å². The molecule has 0 bridgehead atoms. The maximum Gasteiger partial charge on any atom is 0.188 e. The molecule has 7 nitrogen and oxygen atoms in total. The van der Waals surface area contributed by atoms with Crippen molar-refractivity contribution in [2.45, 2.75) is 13.3 Å². The average molecular weight is 205 g/mol. The molecule has 1 aliphatic heterocycles. The molecule has 0 amide bonds. The first-order valence-electron chi connectivity index (χ1n) is 4.20. The Kier molecular flexibility index (Phi) is 4.89. The predicted molar refractivity (Wildman–Crippen MR) is 49.3 cm³/mol. The van der Waals surface area contributed by atoms with Gasteiger partial charge in [0.1, 0.15) is 12.7 Å². The van der Waals surface area contributed by atoms with Crippen molar-refractivity contribution in [3.05, 3.63) is 27.7 Å². The van der Waals surface area contributed by atoms with Crippen molar-refractivity contribution < 1.29 is 14.9 Å². The van der Waals surface area contributed by atoms with Gasteiger partial charge in [-0.15, -0.1) is 4.65 Å². The van der Waals surface area contributed by atoms with Gasteiger partial charge in [-0.25, -0.2) is 5.21 Å². The molecule has 0 fully saturated rings. The van der Waals surface area contributed by atoms with Crippen LogP contribution in [-0.4, -0.2) is 40.1 Å². The van der Waals surface area contributed by atoms with Crippen LogP contribution in [0, 0.1) is 15.3 Å². The molecule has 1 atom stereocenters. The molecule has 0 radical (unpaired) electrons. The van der Waals surface area contributed by atoms with Crippen LogP contribution < -0.4 is 0 Å². The van der Waals surface area contributed by atoms with E-state index in [2.05, 4.69) is 6.92 Å². The smallest absolute Gasteiger partial charge is 0.188 e. The Labute approximate surface area is 82.1 Å². The highest BCUT2D eigenvalue weighted by molar-refractivity contribution is 4.76. The van der Waals surface area contributed by atoms with E-state index in [1.165, 1.54) is 0 Å². The topological polar surface area (TPSA) is 89.7 Å². The number of quaternary nitrogens is 1. The fourth-order valence-corrected chi connectivity index (χ4v) is 1.25. The molecule has 14 heavy (non-hydrogen) atoms. The largest absolute Gasteiger partial charge is 0.356 e. The van der Waals surface area contributed by atoms with Crippen molar-refractivity contribution in [3.63, 3.8) is 0 Å². The Morgan fingerprint density at radius 3 is 2.43 bits per heavy atom. The zero-order valence-electron chi connectivity index (χ0n) is 8.29. The molecule has 1 N–H and O–H groups in total. The third-order valence-electron chi connectivity index (χ3n) is 1.68. The summed E-state index contributed by atoms with van der Waals surface area (Å²) in [5, 5.41) is 24.4. The third kappa shape index (κ3) is 5.33. The Morgan fingerprint density at radius 1 is 1.64 bits per heavy atom. The summed E-state index contributed by atoms with van der Waals surface area (Å²) >= 11 is 0. The number of rotatable bonds is 2. The molecular formula is C7H15N3O4. The normalized spacial score (nSPS) is 24.4. The summed E-state index contributed by atoms with van der Waals surface area (Å²) < 4.78 is 0.0764. The fraction of sp³-hybridized carbons (Fsp3) is 0.714. The predicted octanol–water partition coefficient (Wildman–Crippen LogP) is 0.737. The molecule has 0 aliphatic carbocycles. The minimum absolute atomic E-state index is 0.0764. The standard InChI is InChI=1S/C7H15N2O.NO3/c1-3-5-9(10)6-4-8(2)7-9;2-1(3)4/h4,6,10H,3,5,7H2,1-2H3;/q+1;-1. The van der Waals surface area contributed by atoms with Gasteiger partial charge in [-0.1, -0.05) is 6.92 Å². The van der Waals surface area contributed by atoms with E-state index in [-0.39, 0.29) is 4.65 Å². The summed E-state index contributed by atoms with van der Waals surface area (Å²) in [7, 11) is 1.96.